The molecular weight excluding hydrogens is 639 g/mol. The quantitative estimate of drug-likeness (QED) is 0.186. The molecule has 0 saturated carbocycles. The van der Waals surface area contributed by atoms with Crippen molar-refractivity contribution in [3.05, 3.63) is 130 Å². The van der Waals surface area contributed by atoms with Crippen molar-refractivity contribution in [2.75, 3.05) is 0 Å². The average Bonchev–Trinajstić information content (AvgIpc) is 3.41. The van der Waals surface area contributed by atoms with E-state index < -0.39 is 28.0 Å². The topological polar surface area (TPSA) is 0 Å². The summed E-state index contributed by atoms with van der Waals surface area (Å²) in [5.74, 6) is 0. The summed E-state index contributed by atoms with van der Waals surface area (Å²) in [6.07, 6.45) is 0. The van der Waals surface area contributed by atoms with Gasteiger partial charge in [-0.05, 0) is 0 Å². The van der Waals surface area contributed by atoms with E-state index in [1.165, 1.54) is 22.3 Å². The molecule has 3 aliphatic rings. The second-order valence-electron chi connectivity index (χ2n) is 12.7. The number of fused-ring (bicyclic) bond motifs is 8. The van der Waals surface area contributed by atoms with Crippen molar-refractivity contribution in [3.8, 4) is 22.3 Å². The summed E-state index contributed by atoms with van der Waals surface area (Å²) >= 11 is -3.04. The Labute approximate surface area is 233 Å². The van der Waals surface area contributed by atoms with Gasteiger partial charge < -0.3 is 0 Å². The fourth-order valence-corrected chi connectivity index (χ4v) is 32.0. The van der Waals surface area contributed by atoms with Crippen molar-refractivity contribution in [2.45, 2.75) is 43.7 Å². The Morgan fingerprint density at radius 1 is 0.526 bits per heavy atom. The normalized spacial score (nSPS) is 22.2. The molecule has 0 nitrogen and oxygen atoms in total. The van der Waals surface area contributed by atoms with Crippen molar-refractivity contribution in [2.24, 2.45) is 0 Å². The maximum atomic E-state index is 2.76. The van der Waals surface area contributed by atoms with Crippen LogP contribution in [0.25, 0.3) is 32.6 Å². The van der Waals surface area contributed by atoms with E-state index in [1.807, 2.05) is 0 Å². The van der Waals surface area contributed by atoms with Gasteiger partial charge in [0.2, 0.25) is 0 Å². The predicted octanol–water partition coefficient (Wildman–Crippen LogP) is 10.4. The molecule has 2 aliphatic carbocycles. The molecule has 7 rings (SSSR count). The minimum atomic E-state index is -3.04. The molecule has 0 spiro atoms. The summed E-state index contributed by atoms with van der Waals surface area (Å²) < 4.78 is 6.80. The number of benzene rings is 4. The first kappa shape index (κ1) is 24.5. The van der Waals surface area contributed by atoms with Gasteiger partial charge in [0, 0.05) is 0 Å². The van der Waals surface area contributed by atoms with E-state index in [9.17, 15) is 0 Å². The second-order valence-corrected chi connectivity index (χ2v) is 34.2. The molecular formula is C36H36HfSi. The van der Waals surface area contributed by atoms with E-state index in [4.69, 9.17) is 0 Å². The van der Waals surface area contributed by atoms with Crippen LogP contribution in [0, 0.1) is 0 Å². The fourth-order valence-electron chi connectivity index (χ4n) is 8.87. The first-order valence-corrected chi connectivity index (χ1v) is 28.4. The van der Waals surface area contributed by atoms with E-state index in [0.29, 0.717) is 7.35 Å². The van der Waals surface area contributed by atoms with Crippen LogP contribution in [-0.2, 0) is 20.0 Å². The average molecular weight is 675 g/mol. The van der Waals surface area contributed by atoms with Crippen LogP contribution in [0.5, 0.6) is 0 Å². The van der Waals surface area contributed by atoms with Crippen molar-refractivity contribution in [3.63, 3.8) is 0 Å². The molecule has 4 aromatic carbocycles. The molecule has 1 aliphatic heterocycles. The van der Waals surface area contributed by atoms with Crippen molar-refractivity contribution in [1.29, 1.82) is 0 Å². The van der Waals surface area contributed by atoms with Gasteiger partial charge in [-0.25, -0.2) is 0 Å². The predicted molar refractivity (Wildman–Crippen MR) is 164 cm³/mol. The molecule has 2 atom stereocenters. The zero-order valence-corrected chi connectivity index (χ0v) is 28.0. The van der Waals surface area contributed by atoms with Crippen LogP contribution >= 0.6 is 0 Å². The zero-order valence-electron chi connectivity index (χ0n) is 23.4. The van der Waals surface area contributed by atoms with E-state index in [-0.39, 0.29) is 0 Å². The van der Waals surface area contributed by atoms with Crippen molar-refractivity contribution in [1.82, 2.24) is 0 Å². The van der Waals surface area contributed by atoms with E-state index in [2.05, 4.69) is 133 Å². The minimum absolute atomic E-state index is 0.635. The Morgan fingerprint density at radius 3 is 1.32 bits per heavy atom. The first-order valence-electron chi connectivity index (χ1n) is 14.0. The van der Waals surface area contributed by atoms with Crippen LogP contribution in [0.3, 0.4) is 0 Å². The molecule has 0 aromatic heterocycles. The van der Waals surface area contributed by atoms with Gasteiger partial charge in [0.15, 0.2) is 0 Å². The molecule has 2 heteroatoms. The number of allylic oxidation sites excluding steroid dienone is 2. The third-order valence-corrected chi connectivity index (χ3v) is 29.7. The van der Waals surface area contributed by atoms with Crippen LogP contribution in [0.1, 0.15) is 43.5 Å². The molecule has 0 amide bonds. The van der Waals surface area contributed by atoms with Crippen LogP contribution in [0.2, 0.25) is 22.5 Å². The van der Waals surface area contributed by atoms with Crippen LogP contribution in [0.4, 0.5) is 0 Å². The summed E-state index contributed by atoms with van der Waals surface area (Å²) in [5, 5.41) is 3.46. The number of hydrogen-bond acceptors (Lipinski definition) is 0. The van der Waals surface area contributed by atoms with E-state index >= 15 is 0 Å². The van der Waals surface area contributed by atoms with Crippen LogP contribution in [0.15, 0.2) is 108 Å². The summed E-state index contributed by atoms with van der Waals surface area (Å²) in [6, 6.07) is 36.7. The molecule has 4 bridgehead atoms. The maximum absolute atomic E-state index is 3.04. The molecule has 1 heterocycles. The van der Waals surface area contributed by atoms with Crippen LogP contribution in [-0.4, -0.2) is 8.07 Å². The molecule has 4 aromatic rings. The molecule has 0 fully saturated rings. The molecule has 2 unspecified atom stereocenters. The van der Waals surface area contributed by atoms with Gasteiger partial charge in [-0.2, -0.15) is 0 Å². The standard InChI is InChI=1S/C34H30Si.2CH3.Hf/c1-23-21-27-17-11-19-29(25-13-7-5-8-14-25)31(27)33(23)35(3,4)34-24(2)22-28-18-12-20-30(32(28)34)26-15-9-6-10-16-26;;;/h5-22H,1-4H3;2*1H3;. The Morgan fingerprint density at radius 2 is 0.921 bits per heavy atom. The van der Waals surface area contributed by atoms with Gasteiger partial charge in [0.1, 0.15) is 0 Å². The van der Waals surface area contributed by atoms with E-state index in [0.717, 1.165) is 0 Å². The second kappa shape index (κ2) is 8.47. The molecule has 0 radical (unpaired) electrons. The zero-order chi connectivity index (χ0) is 26.4. The Bertz CT molecular complexity index is 1550. The molecule has 0 N–H and O–H groups in total. The monoisotopic (exact) mass is 676 g/mol. The Kier molecular flexibility index (Phi) is 5.46. The van der Waals surface area contributed by atoms with Gasteiger partial charge in [0.05, 0.1) is 0 Å². The summed E-state index contributed by atoms with van der Waals surface area (Å²) in [4.78, 5) is 0. The SMILES string of the molecule is CC1=C2c3c(-c4ccccc4)cccc3[CH]1[Hf]([CH3])([CH3])[CH]1C(C)=C(c3c(-c4ccccc4)cccc31)[Si]2(C)C. The van der Waals surface area contributed by atoms with Gasteiger partial charge >= 0.3 is 235 Å². The molecule has 38 heavy (non-hydrogen) atoms. The van der Waals surface area contributed by atoms with Gasteiger partial charge in [0.25, 0.3) is 0 Å². The van der Waals surface area contributed by atoms with Gasteiger partial charge in [-0.1, -0.05) is 0 Å². The molecule has 0 saturated heterocycles. The van der Waals surface area contributed by atoms with Crippen molar-refractivity contribution >= 4 is 18.5 Å². The summed E-state index contributed by atoms with van der Waals surface area (Å²) in [5.41, 5.74) is 15.5. The van der Waals surface area contributed by atoms with Gasteiger partial charge in [-0.3, -0.25) is 0 Å². The summed E-state index contributed by atoms with van der Waals surface area (Å²) in [6.45, 7) is 10.4. The van der Waals surface area contributed by atoms with Crippen molar-refractivity contribution < 1.29 is 20.0 Å². The fraction of sp³-hybridized carbons (Fsp3) is 0.222. The number of rotatable bonds is 2. The molecule has 188 valence electrons. The third-order valence-electron chi connectivity index (χ3n) is 9.88. The first-order chi connectivity index (χ1) is 18.2. The van der Waals surface area contributed by atoms with Crippen LogP contribution < -0.4 is 0 Å². The van der Waals surface area contributed by atoms with E-state index in [1.54, 1.807) is 43.8 Å². The Balaban J connectivity index is 1.57. The van der Waals surface area contributed by atoms with Gasteiger partial charge in [-0.15, -0.1) is 0 Å². The third kappa shape index (κ3) is 3.17. The summed E-state index contributed by atoms with van der Waals surface area (Å²) in [7, 11) is -2.07. The number of hydrogen-bond donors (Lipinski definition) is 0. The Hall–Kier alpha value is -2.55.